The number of hydrogen-bond donors (Lipinski definition) is 1. The molecule has 10 heteroatoms. The van der Waals surface area contributed by atoms with Gasteiger partial charge >= 0.3 is 25.2 Å². The zero-order chi connectivity index (χ0) is 34.9. The fourth-order valence-electron chi connectivity index (χ4n) is 5.55. The summed E-state index contributed by atoms with van der Waals surface area (Å²) >= 11 is 0. The maximum Gasteiger partial charge on any atom is 0.435 e. The average Bonchev–Trinajstić information content (AvgIpc) is 3.06. The molecular weight excluding hydrogens is 619 g/mol. The molecule has 2 atom stereocenters. The normalized spacial score (nSPS) is 13.2. The summed E-state index contributed by atoms with van der Waals surface area (Å²) in [6, 6.07) is 0. The van der Waals surface area contributed by atoms with E-state index >= 15 is 0 Å². The van der Waals surface area contributed by atoms with Gasteiger partial charge in [-0.1, -0.05) is 168 Å². The molecule has 0 fully saturated rings. The van der Waals surface area contributed by atoms with Gasteiger partial charge in [-0.05, 0) is 12.8 Å². The topological polar surface area (TPSA) is 125 Å². The molecule has 0 saturated carbocycles. The third-order valence-electron chi connectivity index (χ3n) is 8.54. The Hall–Kier alpha value is -1.44. The molecule has 47 heavy (non-hydrogen) atoms. The molecule has 0 spiro atoms. The number of carbonyl (C=O) groups is 3. The summed E-state index contributed by atoms with van der Waals surface area (Å²) in [6.45, 7) is 3.59. The van der Waals surface area contributed by atoms with E-state index in [2.05, 4.69) is 18.6 Å². The van der Waals surface area contributed by atoms with Gasteiger partial charge in [0.15, 0.2) is 6.10 Å². The summed E-state index contributed by atoms with van der Waals surface area (Å²) in [4.78, 5) is 46.1. The lowest BCUT2D eigenvalue weighted by Gasteiger charge is -2.19. The van der Waals surface area contributed by atoms with Crippen LogP contribution in [0.3, 0.4) is 0 Å². The van der Waals surface area contributed by atoms with Crippen LogP contribution in [-0.4, -0.2) is 49.0 Å². The highest BCUT2D eigenvalue weighted by Gasteiger charge is 2.34. The number of unbranched alkanes of at least 4 members (excludes halogenated alkanes) is 24. The summed E-state index contributed by atoms with van der Waals surface area (Å²) in [5, 5.41) is 0. The lowest BCUT2D eigenvalue weighted by Crippen LogP contribution is -2.29. The minimum Gasteiger partial charge on any atom is -0.462 e. The van der Waals surface area contributed by atoms with E-state index in [-0.39, 0.29) is 19.4 Å². The van der Waals surface area contributed by atoms with Gasteiger partial charge in [0.2, 0.25) is 0 Å². The summed E-state index contributed by atoms with van der Waals surface area (Å²) in [5.74, 6) is -0.925. The SMILES string of the molecule is CCCCCCCCCCCCCCCC(=O)OCC(COP(=O)(O)C(=O)OC)OC(=O)CCCCCCCCCCCCCCC. The molecule has 2 unspecified atom stereocenters. The predicted octanol–water partition coefficient (Wildman–Crippen LogP) is 11.4. The lowest BCUT2D eigenvalue weighted by molar-refractivity contribution is -0.161. The molecule has 0 aliphatic heterocycles. The van der Waals surface area contributed by atoms with Gasteiger partial charge in [-0.2, -0.15) is 0 Å². The fraction of sp³-hybridized carbons (Fsp3) is 0.919. The molecule has 0 aliphatic carbocycles. The first-order chi connectivity index (χ1) is 22.8. The summed E-state index contributed by atoms with van der Waals surface area (Å²) in [7, 11) is -3.74. The standard InChI is InChI=1S/C37H71O9P/c1-4-6-8-10-12-14-16-18-20-22-24-26-28-30-35(38)44-32-34(33-45-47(41,42)37(40)43-3)46-36(39)31-29-27-25-23-21-19-17-15-13-11-9-7-5-2/h34H,4-33H2,1-3H3,(H,41,42). The van der Waals surface area contributed by atoms with Crippen LogP contribution < -0.4 is 0 Å². The van der Waals surface area contributed by atoms with Gasteiger partial charge in [-0.3, -0.25) is 14.1 Å². The molecule has 0 bridgehead atoms. The Kier molecular flexibility index (Phi) is 32.1. The summed E-state index contributed by atoms with van der Waals surface area (Å²) in [6.07, 6.45) is 30.6. The zero-order valence-electron chi connectivity index (χ0n) is 30.5. The minimum atomic E-state index is -4.72. The molecule has 9 nitrogen and oxygen atoms in total. The molecule has 278 valence electrons. The molecule has 1 N–H and O–H groups in total. The Morgan fingerprint density at radius 3 is 1.23 bits per heavy atom. The van der Waals surface area contributed by atoms with Crippen LogP contribution in [-0.2, 0) is 32.9 Å². The van der Waals surface area contributed by atoms with Crippen molar-refractivity contribution in [2.45, 2.75) is 200 Å². The second-order valence-electron chi connectivity index (χ2n) is 13.1. The van der Waals surface area contributed by atoms with E-state index in [0.717, 1.165) is 39.2 Å². The minimum absolute atomic E-state index is 0.189. The highest BCUT2D eigenvalue weighted by Crippen LogP contribution is 2.44. The van der Waals surface area contributed by atoms with Crippen molar-refractivity contribution in [1.82, 2.24) is 0 Å². The van der Waals surface area contributed by atoms with Crippen molar-refractivity contribution < 1.29 is 42.6 Å². The van der Waals surface area contributed by atoms with Crippen LogP contribution in [0.4, 0.5) is 4.79 Å². The van der Waals surface area contributed by atoms with Gasteiger partial charge in [0.1, 0.15) is 6.61 Å². The van der Waals surface area contributed by atoms with Gasteiger partial charge in [0.05, 0.1) is 13.7 Å². The van der Waals surface area contributed by atoms with Crippen LogP contribution in [0.5, 0.6) is 0 Å². The van der Waals surface area contributed by atoms with E-state index in [1.54, 1.807) is 0 Å². The van der Waals surface area contributed by atoms with Crippen LogP contribution in [0, 0.1) is 0 Å². The van der Waals surface area contributed by atoms with Crippen LogP contribution in [0.15, 0.2) is 0 Å². The highest BCUT2D eigenvalue weighted by molar-refractivity contribution is 7.70. The third kappa shape index (κ3) is 30.4. The van der Waals surface area contributed by atoms with Gasteiger partial charge in [-0.25, -0.2) is 9.36 Å². The molecule has 0 heterocycles. The summed E-state index contributed by atoms with van der Waals surface area (Å²) in [5.41, 5.74) is -1.41. The lowest BCUT2D eigenvalue weighted by atomic mass is 10.0. The average molecular weight is 691 g/mol. The molecule has 0 aromatic carbocycles. The number of rotatable bonds is 35. The van der Waals surface area contributed by atoms with Crippen molar-refractivity contribution in [1.29, 1.82) is 0 Å². The van der Waals surface area contributed by atoms with E-state index in [9.17, 15) is 23.8 Å². The molecule has 0 aromatic heterocycles. The van der Waals surface area contributed by atoms with E-state index in [4.69, 9.17) is 14.0 Å². The maximum absolute atomic E-state index is 12.5. The second kappa shape index (κ2) is 33.1. The fourth-order valence-corrected chi connectivity index (χ4v) is 6.25. The number of carbonyl (C=O) groups excluding carboxylic acids is 3. The smallest absolute Gasteiger partial charge is 0.435 e. The first kappa shape index (κ1) is 45.6. The van der Waals surface area contributed by atoms with Crippen LogP contribution in [0.1, 0.15) is 194 Å². The number of esters is 2. The molecular formula is C37H71O9P. The molecule has 0 aliphatic rings. The highest BCUT2D eigenvalue weighted by atomic mass is 31.2. The Morgan fingerprint density at radius 1 is 0.532 bits per heavy atom. The number of hydrogen-bond acceptors (Lipinski definition) is 8. The quantitative estimate of drug-likeness (QED) is 0.0299. The van der Waals surface area contributed by atoms with E-state index in [1.165, 1.54) is 122 Å². The Labute approximate surface area is 287 Å². The van der Waals surface area contributed by atoms with E-state index in [1.807, 2.05) is 0 Å². The van der Waals surface area contributed by atoms with Crippen molar-refractivity contribution in [3.8, 4) is 0 Å². The van der Waals surface area contributed by atoms with Gasteiger partial charge < -0.3 is 19.1 Å². The van der Waals surface area contributed by atoms with E-state index in [0.29, 0.717) is 12.8 Å². The first-order valence-corrected chi connectivity index (χ1v) is 20.8. The zero-order valence-corrected chi connectivity index (χ0v) is 31.3. The van der Waals surface area contributed by atoms with Crippen molar-refractivity contribution in [3.05, 3.63) is 0 Å². The summed E-state index contributed by atoms with van der Waals surface area (Å²) < 4.78 is 31.9. The Morgan fingerprint density at radius 2 is 0.872 bits per heavy atom. The van der Waals surface area contributed by atoms with Crippen molar-refractivity contribution >= 4 is 25.2 Å². The molecule has 0 saturated heterocycles. The van der Waals surface area contributed by atoms with Crippen LogP contribution in [0.2, 0.25) is 0 Å². The maximum atomic E-state index is 12.5. The Balaban J connectivity index is 4.21. The van der Waals surface area contributed by atoms with Gasteiger partial charge in [0.25, 0.3) is 0 Å². The predicted molar refractivity (Wildman–Crippen MR) is 190 cm³/mol. The van der Waals surface area contributed by atoms with Crippen LogP contribution in [0.25, 0.3) is 0 Å². The van der Waals surface area contributed by atoms with Crippen molar-refractivity contribution in [2.75, 3.05) is 20.3 Å². The second-order valence-corrected chi connectivity index (χ2v) is 14.7. The van der Waals surface area contributed by atoms with E-state index < -0.39 is 38.0 Å². The van der Waals surface area contributed by atoms with Gasteiger partial charge in [-0.15, -0.1) is 0 Å². The largest absolute Gasteiger partial charge is 0.462 e. The number of ether oxygens (including phenoxy) is 3. The van der Waals surface area contributed by atoms with Crippen molar-refractivity contribution in [2.24, 2.45) is 0 Å². The number of methoxy groups -OCH3 is 1. The molecule has 0 aromatic rings. The molecule has 0 rings (SSSR count). The van der Waals surface area contributed by atoms with Gasteiger partial charge in [0, 0.05) is 12.8 Å². The van der Waals surface area contributed by atoms with Crippen LogP contribution >= 0.6 is 7.60 Å². The first-order valence-electron chi connectivity index (χ1n) is 19.2. The molecule has 0 radical (unpaired) electrons. The third-order valence-corrected chi connectivity index (χ3v) is 9.68. The van der Waals surface area contributed by atoms with Crippen molar-refractivity contribution in [3.63, 3.8) is 0 Å². The monoisotopic (exact) mass is 690 g/mol. The Bertz CT molecular complexity index is 805. The molecule has 0 amide bonds.